The Morgan fingerprint density at radius 3 is 1.53 bits per heavy atom. The van der Waals surface area contributed by atoms with Gasteiger partial charge in [-0.1, -0.05) is 38.1 Å². The predicted octanol–water partition coefficient (Wildman–Crippen LogP) is 10.9. The van der Waals surface area contributed by atoms with E-state index in [4.69, 9.17) is 38.9 Å². The number of nitrogens with one attached hydrogen (secondary N) is 6. The molecule has 27 nitrogen and oxygen atoms in total. The summed E-state index contributed by atoms with van der Waals surface area (Å²) in [6, 6.07) is 34.8. The minimum atomic E-state index is 0.0481. The van der Waals surface area contributed by atoms with Crippen LogP contribution in [0.4, 0.5) is 23.3 Å². The SMILES string of the molecule is Cc1ccc2cc1-c1cnn3ccc(nc13)N(C)CCN1C[C@H](C(C)C)NC[C@H]1CO2.Cc1ccc2cc1-c1cnn3ccc(nc13)NCCN1CC(C)(C)NC[C@H]1CO2.Cc1ccc2cc1-c1cnn3ccc(nc13)NCCN1C[C@@H](CNC(C)(C)C1)O2.Cc1ccc2cc1-c1cnn3ccc(nc13)N[C@H]1CCCN(CCO2)C1. The van der Waals surface area contributed by atoms with E-state index in [0.29, 0.717) is 49.9 Å². The van der Waals surface area contributed by atoms with E-state index in [2.05, 4.69) is 226 Å². The molecule has 7 atom stereocenters. The lowest BCUT2D eigenvalue weighted by Gasteiger charge is -2.44. The average Bonchev–Trinajstić information content (AvgIpc) is 1.67. The van der Waals surface area contributed by atoms with Crippen LogP contribution in [0.15, 0.2) is 147 Å². The highest BCUT2D eigenvalue weighted by Gasteiger charge is 2.35. The predicted molar refractivity (Wildman–Crippen MR) is 455 cm³/mol. The highest BCUT2D eigenvalue weighted by Crippen LogP contribution is 2.37. The molecule has 8 aliphatic heterocycles. The maximum atomic E-state index is 6.45. The fraction of sp³-hybridized carbons (Fsp3) is 0.455. The zero-order valence-electron chi connectivity index (χ0n) is 68.4. The zero-order valence-corrected chi connectivity index (χ0v) is 68.4. The molecule has 12 aromatic rings. The highest BCUT2D eigenvalue weighted by atomic mass is 16.5. The Labute approximate surface area is 673 Å². The van der Waals surface area contributed by atoms with Gasteiger partial charge in [-0.2, -0.15) is 20.4 Å². The number of piperazine rings is 2. The quantitative estimate of drug-likeness (QED) is 0.0894. The molecule has 20 rings (SSSR count). The van der Waals surface area contributed by atoms with E-state index >= 15 is 0 Å². The lowest BCUT2D eigenvalue weighted by atomic mass is 9.99. The topological polar surface area (TPSA) is 246 Å². The first kappa shape index (κ1) is 77.1. The van der Waals surface area contributed by atoms with Gasteiger partial charge in [0.1, 0.15) is 72.2 Å². The molecule has 2 unspecified atom stereocenters. The van der Waals surface area contributed by atoms with Crippen molar-refractivity contribution in [3.8, 4) is 67.5 Å². The van der Waals surface area contributed by atoms with Gasteiger partial charge in [-0.15, -0.1) is 0 Å². The molecule has 27 heteroatoms. The van der Waals surface area contributed by atoms with Crippen LogP contribution in [0.25, 0.3) is 67.1 Å². The molecule has 4 aromatic carbocycles. The van der Waals surface area contributed by atoms with Crippen molar-refractivity contribution in [1.82, 2.24) is 93.9 Å². The Hall–Kier alpha value is -10.5. The smallest absolute Gasteiger partial charge is 0.165 e. The number of piperidine rings is 1. The molecular formula is C88H111N23O4. The van der Waals surface area contributed by atoms with E-state index in [-0.39, 0.29) is 17.2 Å². The van der Waals surface area contributed by atoms with Crippen molar-refractivity contribution in [1.29, 1.82) is 0 Å². The number of rotatable bonds is 1. The summed E-state index contributed by atoms with van der Waals surface area (Å²) in [7, 11) is 2.13. The van der Waals surface area contributed by atoms with Crippen molar-refractivity contribution >= 4 is 45.9 Å². The molecule has 8 aliphatic rings. The fourth-order valence-corrected chi connectivity index (χ4v) is 17.2. The van der Waals surface area contributed by atoms with Crippen molar-refractivity contribution in [3.05, 3.63) is 169 Å². The molecule has 8 aromatic heterocycles. The summed E-state index contributed by atoms with van der Waals surface area (Å²) in [5, 5.41) is 39.7. The molecule has 0 spiro atoms. The van der Waals surface area contributed by atoms with Gasteiger partial charge in [-0.05, 0) is 198 Å². The van der Waals surface area contributed by atoms with E-state index < -0.39 is 0 Å². The Morgan fingerprint density at radius 1 is 0.452 bits per heavy atom. The number of likely N-dealkylation sites (N-methyl/N-ethyl adjacent to an activating group) is 1. The summed E-state index contributed by atoms with van der Waals surface area (Å²) in [5.74, 6) is 7.86. The molecule has 6 N–H and O–H groups in total. The molecule has 602 valence electrons. The van der Waals surface area contributed by atoms with Crippen molar-refractivity contribution < 1.29 is 18.9 Å². The molecule has 0 radical (unpaired) electrons. The number of nitrogens with zero attached hydrogens (tertiary/aromatic N) is 17. The van der Waals surface area contributed by atoms with Gasteiger partial charge < -0.3 is 55.7 Å². The van der Waals surface area contributed by atoms with Crippen LogP contribution in [0, 0.1) is 33.6 Å². The molecule has 0 aliphatic carbocycles. The van der Waals surface area contributed by atoms with Gasteiger partial charge in [-0.3, -0.25) is 19.6 Å². The van der Waals surface area contributed by atoms with Gasteiger partial charge in [0.2, 0.25) is 0 Å². The van der Waals surface area contributed by atoms with E-state index in [9.17, 15) is 0 Å². The van der Waals surface area contributed by atoms with Crippen LogP contribution in [-0.2, 0) is 0 Å². The standard InChI is InChI=1S/C24H32N6O.2C22H28N6O.C20H23N5O/c1-16(2)22-14-29-10-9-28(4)23-7-8-30-24(27-23)21(13-26-30)20-11-19(6-5-17(20)3)31-15-18(29)12-25-22;1-15-4-5-17-10-18(15)19-12-25-28-8-6-20(26-21(19)28)23-7-9-27-14-22(2,3)24-11-16(27)13-29-17;1-15-4-5-16-10-18(15)19-12-25-28-8-6-20(26-21(19)28)23-7-9-27-13-17(29-16)11-24-22(2,3)14-27;1-14-4-5-16-11-17(14)18-12-21-25-8-6-19(23-20(18)25)22-15-3-2-7-24(13-15)9-10-26-16/h5-8,11,13,16,18,22,25H,9-10,12,14-15H2,1-4H3;4-6,8,10,12,16,24H,7,9,11,13-14H2,1-3H3,(H,23,26);4-6,8,10,12,17,24H,7,9,11,13-14H2,1-3H3,(H,23,26);4-6,8,11-12,15H,2-3,7,9-10,13H2,1H3,(H,22,23)/t18-,22+;16-;17-;15-/m0010/s1. The van der Waals surface area contributed by atoms with Gasteiger partial charge in [-0.25, -0.2) is 38.0 Å². The summed E-state index contributed by atoms with van der Waals surface area (Å²) >= 11 is 0. The Bertz CT molecular complexity index is 5440. The highest BCUT2D eigenvalue weighted by molar-refractivity contribution is 5.84. The lowest BCUT2D eigenvalue weighted by Crippen LogP contribution is -2.63. The van der Waals surface area contributed by atoms with Gasteiger partial charge >= 0.3 is 0 Å². The monoisotopic (exact) mass is 1550 g/mol. The Kier molecular flexibility index (Phi) is 22.1. The Balaban J connectivity index is 0.000000111. The van der Waals surface area contributed by atoms with Crippen LogP contribution < -0.4 is 55.7 Å². The molecule has 4 fully saturated rings. The molecule has 0 saturated carbocycles. The van der Waals surface area contributed by atoms with Crippen molar-refractivity contribution in [2.75, 3.05) is 152 Å². The number of aryl methyl sites for hydroxylation is 4. The van der Waals surface area contributed by atoms with Crippen molar-refractivity contribution in [2.45, 2.75) is 123 Å². The van der Waals surface area contributed by atoms with Crippen LogP contribution in [0.1, 0.15) is 76.6 Å². The molecule has 0 amide bonds. The lowest BCUT2D eigenvalue weighted by molar-refractivity contribution is 0.0674. The summed E-state index contributed by atoms with van der Waals surface area (Å²) in [5.41, 5.74) is 16.9. The summed E-state index contributed by atoms with van der Waals surface area (Å²) in [4.78, 5) is 31.8. The van der Waals surface area contributed by atoms with Crippen LogP contribution in [-0.4, -0.2) is 251 Å². The molecular weight excluding hydrogens is 1440 g/mol. The minimum absolute atomic E-state index is 0.0481. The zero-order chi connectivity index (χ0) is 79.1. The second-order valence-electron chi connectivity index (χ2n) is 34.0. The summed E-state index contributed by atoms with van der Waals surface area (Å²) < 4.78 is 32.4. The molecule has 16 heterocycles. The third-order valence-corrected chi connectivity index (χ3v) is 23.9. The maximum Gasteiger partial charge on any atom is 0.165 e. The molecule has 115 heavy (non-hydrogen) atoms. The van der Waals surface area contributed by atoms with Crippen molar-refractivity contribution in [2.24, 2.45) is 5.92 Å². The number of benzene rings is 4. The largest absolute Gasteiger partial charge is 0.492 e. The van der Waals surface area contributed by atoms with E-state index in [1.807, 2.05) is 91.9 Å². The molecule has 20 bridgehead atoms. The Morgan fingerprint density at radius 2 is 0.948 bits per heavy atom. The fourth-order valence-electron chi connectivity index (χ4n) is 17.2. The van der Waals surface area contributed by atoms with Crippen molar-refractivity contribution in [3.63, 3.8) is 0 Å². The van der Waals surface area contributed by atoms with E-state index in [1.165, 1.54) is 35.1 Å². The number of aromatic nitrogens is 12. The van der Waals surface area contributed by atoms with Crippen LogP contribution >= 0.6 is 0 Å². The first-order valence-electron chi connectivity index (χ1n) is 41.2. The summed E-state index contributed by atoms with van der Waals surface area (Å²) in [6.45, 7) is 39.3. The van der Waals surface area contributed by atoms with Crippen LogP contribution in [0.5, 0.6) is 23.0 Å². The number of hydrogen-bond donors (Lipinski definition) is 6. The van der Waals surface area contributed by atoms with Gasteiger partial charge in [0.05, 0.1) is 36.9 Å². The van der Waals surface area contributed by atoms with Gasteiger partial charge in [0.15, 0.2) is 22.6 Å². The first-order valence-corrected chi connectivity index (χ1v) is 41.2. The number of fused-ring (bicyclic) bond motifs is 22. The third kappa shape index (κ3) is 17.4. The second-order valence-corrected chi connectivity index (χ2v) is 34.0. The van der Waals surface area contributed by atoms with Gasteiger partial charge in [0.25, 0.3) is 0 Å². The maximum absolute atomic E-state index is 6.45. The van der Waals surface area contributed by atoms with E-state index in [0.717, 1.165) is 218 Å². The normalized spacial score (nSPS) is 22.6. The summed E-state index contributed by atoms with van der Waals surface area (Å²) in [6.07, 6.45) is 18.0. The molecule has 4 saturated heterocycles. The second kappa shape index (κ2) is 33.0. The number of anilines is 4. The van der Waals surface area contributed by atoms with Crippen LogP contribution in [0.3, 0.4) is 0 Å². The average molecular weight is 1560 g/mol. The van der Waals surface area contributed by atoms with Crippen LogP contribution in [0.2, 0.25) is 0 Å². The number of ether oxygens (including phenoxy) is 4. The third-order valence-electron chi connectivity index (χ3n) is 23.9. The van der Waals surface area contributed by atoms with E-state index in [1.54, 1.807) is 0 Å². The number of hydrogen-bond acceptors (Lipinski definition) is 23. The minimum Gasteiger partial charge on any atom is -0.492 e. The first-order chi connectivity index (χ1) is 55.7. The van der Waals surface area contributed by atoms with Gasteiger partial charge in [0, 0.05) is 175 Å².